The van der Waals surface area contributed by atoms with E-state index in [1.54, 1.807) is 12.1 Å². The molecule has 7 heteroatoms. The first kappa shape index (κ1) is 19.8. The van der Waals surface area contributed by atoms with E-state index in [1.165, 1.54) is 0 Å². The van der Waals surface area contributed by atoms with Gasteiger partial charge in [0, 0.05) is 42.8 Å². The number of carbonyl (C=O) groups is 1. The topological polar surface area (TPSA) is 47.6 Å². The molecule has 0 aromatic heterocycles. The lowest BCUT2D eigenvalue weighted by molar-refractivity contribution is 0.251. The fraction of sp³-hybridized carbons (Fsp3) is 0.350. The Morgan fingerprint density at radius 2 is 1.81 bits per heavy atom. The first-order valence-corrected chi connectivity index (χ1v) is 9.87. The Kier molecular flexibility index (Phi) is 6.83. The van der Waals surface area contributed by atoms with Crippen LogP contribution in [0.25, 0.3) is 0 Å². The summed E-state index contributed by atoms with van der Waals surface area (Å²) in [6.45, 7) is 7.56. The molecule has 0 unspecified atom stereocenters. The third-order valence-electron chi connectivity index (χ3n) is 4.77. The highest BCUT2D eigenvalue weighted by Gasteiger charge is 2.18. The second-order valence-electron chi connectivity index (χ2n) is 6.48. The molecule has 3 rings (SSSR count). The van der Waals surface area contributed by atoms with Crippen LogP contribution in [-0.2, 0) is 6.54 Å². The molecule has 2 aromatic carbocycles. The van der Waals surface area contributed by atoms with Crippen LogP contribution in [0.4, 0.5) is 16.2 Å². The van der Waals surface area contributed by atoms with Crippen molar-refractivity contribution >= 4 is 40.6 Å². The summed E-state index contributed by atoms with van der Waals surface area (Å²) in [5.74, 6) is 0. The zero-order valence-corrected chi connectivity index (χ0v) is 16.9. The monoisotopic (exact) mass is 406 g/mol. The molecule has 0 radical (unpaired) electrons. The lowest BCUT2D eigenvalue weighted by Crippen LogP contribution is -2.46. The number of amides is 2. The quantitative estimate of drug-likeness (QED) is 0.770. The van der Waals surface area contributed by atoms with Crippen LogP contribution in [0.5, 0.6) is 0 Å². The zero-order chi connectivity index (χ0) is 19.2. The number of halogens is 2. The van der Waals surface area contributed by atoms with Crippen molar-refractivity contribution in [3.8, 4) is 0 Å². The first-order valence-electron chi connectivity index (χ1n) is 9.12. The van der Waals surface area contributed by atoms with Crippen molar-refractivity contribution < 1.29 is 4.79 Å². The summed E-state index contributed by atoms with van der Waals surface area (Å²) >= 11 is 12.1. The van der Waals surface area contributed by atoms with Crippen LogP contribution >= 0.6 is 23.2 Å². The van der Waals surface area contributed by atoms with E-state index in [0.717, 1.165) is 49.7 Å². The largest absolute Gasteiger partial charge is 0.367 e. The Hall–Kier alpha value is -1.95. The third-order valence-corrected chi connectivity index (χ3v) is 5.35. The van der Waals surface area contributed by atoms with Gasteiger partial charge in [-0.3, -0.25) is 0 Å². The summed E-state index contributed by atoms with van der Waals surface area (Å²) in [5.41, 5.74) is 2.68. The van der Waals surface area contributed by atoms with Gasteiger partial charge in [0.15, 0.2) is 0 Å². The Morgan fingerprint density at radius 3 is 2.52 bits per heavy atom. The fourth-order valence-electron chi connectivity index (χ4n) is 3.17. The maximum atomic E-state index is 12.4. The van der Waals surface area contributed by atoms with Crippen LogP contribution in [0.1, 0.15) is 12.5 Å². The lowest BCUT2D eigenvalue weighted by Gasteiger charge is -2.36. The molecule has 1 aliphatic heterocycles. The summed E-state index contributed by atoms with van der Waals surface area (Å²) < 4.78 is 0. The predicted octanol–water partition coefficient (Wildman–Crippen LogP) is 4.46. The Balaban J connectivity index is 1.61. The smallest absolute Gasteiger partial charge is 0.319 e. The molecule has 1 saturated heterocycles. The van der Waals surface area contributed by atoms with Gasteiger partial charge in [0.05, 0.1) is 11.4 Å². The average molecular weight is 407 g/mol. The minimum Gasteiger partial charge on any atom is -0.367 e. The van der Waals surface area contributed by atoms with Crippen LogP contribution in [-0.4, -0.2) is 43.7 Å². The number of nitrogens with one attached hydrogen (secondary N) is 2. The maximum absolute atomic E-state index is 12.4. The normalized spacial score (nSPS) is 14.9. The molecule has 27 heavy (non-hydrogen) atoms. The highest BCUT2D eigenvalue weighted by Crippen LogP contribution is 2.26. The number of benzene rings is 2. The molecule has 0 atom stereocenters. The van der Waals surface area contributed by atoms with Crippen molar-refractivity contribution in [1.82, 2.24) is 10.2 Å². The maximum Gasteiger partial charge on any atom is 0.319 e. The molecule has 144 valence electrons. The molecule has 2 N–H and O–H groups in total. The number of carbonyl (C=O) groups excluding carboxylic acids is 1. The molecule has 1 aliphatic rings. The number of hydrogen-bond acceptors (Lipinski definition) is 3. The van der Waals surface area contributed by atoms with E-state index in [4.69, 9.17) is 23.2 Å². The minimum absolute atomic E-state index is 0.263. The molecule has 0 bridgehead atoms. The number of para-hydroxylation sites is 2. The summed E-state index contributed by atoms with van der Waals surface area (Å²) in [5, 5.41) is 6.92. The molecular formula is C20H24Cl2N4O. The van der Waals surface area contributed by atoms with Crippen molar-refractivity contribution in [2.75, 3.05) is 42.9 Å². The predicted molar refractivity (Wildman–Crippen MR) is 113 cm³/mol. The van der Waals surface area contributed by atoms with E-state index < -0.39 is 0 Å². The lowest BCUT2D eigenvalue weighted by atomic mass is 10.2. The molecule has 5 nitrogen and oxygen atoms in total. The zero-order valence-electron chi connectivity index (χ0n) is 15.3. The number of piperazine rings is 1. The van der Waals surface area contributed by atoms with Crippen molar-refractivity contribution in [3.63, 3.8) is 0 Å². The average Bonchev–Trinajstić information content (AvgIpc) is 2.68. The fourth-order valence-corrected chi connectivity index (χ4v) is 3.64. The van der Waals surface area contributed by atoms with Crippen LogP contribution in [0, 0.1) is 0 Å². The highest BCUT2D eigenvalue weighted by atomic mass is 35.5. The van der Waals surface area contributed by atoms with E-state index in [-0.39, 0.29) is 6.03 Å². The standard InChI is InChI=1S/C20H24Cl2N4O/c1-2-25-9-11-26(12-10-25)19-6-4-3-5-18(19)24-20(27)23-14-15-7-8-16(21)13-17(15)22/h3-8,13H,2,9-12,14H2,1H3,(H2,23,24,27). The summed E-state index contributed by atoms with van der Waals surface area (Å²) in [4.78, 5) is 17.1. The number of rotatable bonds is 5. The second kappa shape index (κ2) is 9.31. The van der Waals surface area contributed by atoms with Crippen molar-refractivity contribution in [2.24, 2.45) is 0 Å². The molecule has 1 fully saturated rings. The molecule has 1 heterocycles. The van der Waals surface area contributed by atoms with Crippen molar-refractivity contribution in [3.05, 3.63) is 58.1 Å². The molecule has 2 aromatic rings. The van der Waals surface area contributed by atoms with Crippen molar-refractivity contribution in [2.45, 2.75) is 13.5 Å². The van der Waals surface area contributed by atoms with Crippen molar-refractivity contribution in [1.29, 1.82) is 0 Å². The van der Waals surface area contributed by atoms with Gasteiger partial charge in [0.2, 0.25) is 0 Å². The SMILES string of the molecule is CCN1CCN(c2ccccc2NC(=O)NCc2ccc(Cl)cc2Cl)CC1. The van der Waals surface area contributed by atoms with E-state index in [9.17, 15) is 4.79 Å². The van der Waals surface area contributed by atoms with Gasteiger partial charge in [-0.05, 0) is 36.4 Å². The number of hydrogen-bond donors (Lipinski definition) is 2. The molecule has 0 aliphatic carbocycles. The van der Waals surface area contributed by atoms with Crippen LogP contribution in [0.15, 0.2) is 42.5 Å². The Labute approximate surface area is 170 Å². The van der Waals surface area contributed by atoms with E-state index in [0.29, 0.717) is 16.6 Å². The van der Waals surface area contributed by atoms with Gasteiger partial charge in [0.1, 0.15) is 0 Å². The van der Waals surface area contributed by atoms with Crippen LogP contribution in [0.3, 0.4) is 0 Å². The molecule has 0 spiro atoms. The van der Waals surface area contributed by atoms with Crippen LogP contribution < -0.4 is 15.5 Å². The summed E-state index contributed by atoms with van der Waals surface area (Å²) in [6.07, 6.45) is 0. The number of urea groups is 1. The van der Waals surface area contributed by atoms with Gasteiger partial charge >= 0.3 is 6.03 Å². The van der Waals surface area contributed by atoms with E-state index in [1.807, 2.05) is 30.3 Å². The Bertz CT molecular complexity index is 791. The summed E-state index contributed by atoms with van der Waals surface area (Å²) in [7, 11) is 0. The number of likely N-dealkylation sites (N-methyl/N-ethyl adjacent to an activating group) is 1. The highest BCUT2D eigenvalue weighted by molar-refractivity contribution is 6.35. The third kappa shape index (κ3) is 5.28. The van der Waals surface area contributed by atoms with E-state index in [2.05, 4.69) is 27.4 Å². The number of nitrogens with zero attached hydrogens (tertiary/aromatic N) is 2. The number of anilines is 2. The second-order valence-corrected chi connectivity index (χ2v) is 7.33. The molecular weight excluding hydrogens is 383 g/mol. The van der Waals surface area contributed by atoms with Gasteiger partial charge in [-0.15, -0.1) is 0 Å². The first-order chi connectivity index (χ1) is 13.1. The minimum atomic E-state index is -0.263. The van der Waals surface area contributed by atoms with Crippen LogP contribution in [0.2, 0.25) is 10.0 Å². The molecule has 2 amide bonds. The van der Waals surface area contributed by atoms with Gasteiger partial charge in [-0.1, -0.05) is 48.3 Å². The van der Waals surface area contributed by atoms with Gasteiger partial charge in [-0.2, -0.15) is 0 Å². The molecule has 0 saturated carbocycles. The van der Waals surface area contributed by atoms with E-state index >= 15 is 0 Å². The van der Waals surface area contributed by atoms with Gasteiger partial charge in [0.25, 0.3) is 0 Å². The van der Waals surface area contributed by atoms with Gasteiger partial charge in [-0.25, -0.2) is 4.79 Å². The summed E-state index contributed by atoms with van der Waals surface area (Å²) in [6, 6.07) is 12.9. The van der Waals surface area contributed by atoms with Gasteiger partial charge < -0.3 is 20.4 Å². The Morgan fingerprint density at radius 1 is 1.07 bits per heavy atom.